The standard InChI is InChI=1S/C13H17N2O/c1-2-3-4-7-10-15-12-9-6-5-8-11(12)14-13(15)16/h5-6,8-9H,2-4,7,10H2,1H3. The van der Waals surface area contributed by atoms with E-state index in [1.807, 2.05) is 24.3 Å². The van der Waals surface area contributed by atoms with Gasteiger partial charge in [-0.3, -0.25) is 4.90 Å². The second kappa shape index (κ2) is 5.01. The van der Waals surface area contributed by atoms with Crippen molar-refractivity contribution in [3.63, 3.8) is 0 Å². The Bertz CT molecular complexity index is 376. The Morgan fingerprint density at radius 3 is 2.81 bits per heavy atom. The van der Waals surface area contributed by atoms with Crippen LogP contribution in [0.3, 0.4) is 0 Å². The molecule has 0 spiro atoms. The number of nitrogens with zero attached hydrogens (tertiary/aromatic N) is 2. The van der Waals surface area contributed by atoms with E-state index in [2.05, 4.69) is 12.2 Å². The molecule has 2 rings (SSSR count). The first kappa shape index (κ1) is 11.0. The quantitative estimate of drug-likeness (QED) is 0.696. The Labute approximate surface area is 96.5 Å². The lowest BCUT2D eigenvalue weighted by atomic mass is 10.2. The second-order valence-corrected chi connectivity index (χ2v) is 4.10. The molecule has 3 heteroatoms. The van der Waals surface area contributed by atoms with E-state index in [-0.39, 0.29) is 6.03 Å². The van der Waals surface area contributed by atoms with Crippen molar-refractivity contribution in [2.45, 2.75) is 32.6 Å². The van der Waals surface area contributed by atoms with Crippen LogP contribution in [0.15, 0.2) is 24.3 Å². The summed E-state index contributed by atoms with van der Waals surface area (Å²) in [6.45, 7) is 2.98. The van der Waals surface area contributed by atoms with Gasteiger partial charge in [-0.2, -0.15) is 5.32 Å². The minimum Gasteiger partial charge on any atom is -0.290 e. The van der Waals surface area contributed by atoms with Gasteiger partial charge in [0.2, 0.25) is 0 Å². The molecule has 1 aliphatic heterocycles. The highest BCUT2D eigenvalue weighted by molar-refractivity contribution is 6.04. The minimum atomic E-state index is -0.113. The molecular weight excluding hydrogens is 200 g/mol. The maximum atomic E-state index is 11.7. The summed E-state index contributed by atoms with van der Waals surface area (Å²) in [5.74, 6) is 0. The van der Waals surface area contributed by atoms with Crippen LogP contribution in [0, 0.1) is 0 Å². The van der Waals surface area contributed by atoms with Gasteiger partial charge in [0, 0.05) is 6.54 Å². The Kier molecular flexibility index (Phi) is 3.44. The topological polar surface area (TPSA) is 34.4 Å². The number of hydrogen-bond donors (Lipinski definition) is 0. The SMILES string of the molecule is CCCCCCN1C(=O)[N]c2ccccc21. The van der Waals surface area contributed by atoms with Gasteiger partial charge in [0.25, 0.3) is 0 Å². The molecule has 0 aliphatic carbocycles. The maximum Gasteiger partial charge on any atom is 0.348 e. The summed E-state index contributed by atoms with van der Waals surface area (Å²) >= 11 is 0. The fraction of sp³-hybridized carbons (Fsp3) is 0.462. The number of para-hydroxylation sites is 2. The molecule has 0 atom stereocenters. The third kappa shape index (κ3) is 2.18. The molecule has 0 bridgehead atoms. The van der Waals surface area contributed by atoms with E-state index in [0.29, 0.717) is 0 Å². The molecule has 0 aromatic heterocycles. The number of rotatable bonds is 5. The van der Waals surface area contributed by atoms with Crippen LogP contribution < -0.4 is 10.2 Å². The summed E-state index contributed by atoms with van der Waals surface area (Å²) in [5.41, 5.74) is 1.77. The highest BCUT2D eigenvalue weighted by Crippen LogP contribution is 2.32. The van der Waals surface area contributed by atoms with Crippen molar-refractivity contribution in [3.05, 3.63) is 24.3 Å². The van der Waals surface area contributed by atoms with Crippen LogP contribution in [0.1, 0.15) is 32.6 Å². The summed E-state index contributed by atoms with van der Waals surface area (Å²) in [6, 6.07) is 7.60. The zero-order valence-electron chi connectivity index (χ0n) is 9.65. The van der Waals surface area contributed by atoms with Gasteiger partial charge in [-0.05, 0) is 18.6 Å². The normalized spacial score (nSPS) is 13.8. The zero-order valence-corrected chi connectivity index (χ0v) is 9.65. The summed E-state index contributed by atoms with van der Waals surface area (Å²) in [7, 11) is 0. The highest BCUT2D eigenvalue weighted by Gasteiger charge is 2.27. The van der Waals surface area contributed by atoms with E-state index in [1.165, 1.54) is 19.3 Å². The molecule has 0 fully saturated rings. The fourth-order valence-electron chi connectivity index (χ4n) is 1.97. The van der Waals surface area contributed by atoms with Crippen molar-refractivity contribution in [3.8, 4) is 0 Å². The monoisotopic (exact) mass is 217 g/mol. The first-order valence-electron chi connectivity index (χ1n) is 5.95. The summed E-state index contributed by atoms with van der Waals surface area (Å²) in [5, 5.41) is 4.02. The van der Waals surface area contributed by atoms with Gasteiger partial charge in [-0.15, -0.1) is 0 Å². The smallest absolute Gasteiger partial charge is 0.290 e. The largest absolute Gasteiger partial charge is 0.348 e. The van der Waals surface area contributed by atoms with E-state index in [0.717, 1.165) is 24.3 Å². The first-order valence-corrected chi connectivity index (χ1v) is 5.95. The molecule has 1 heterocycles. The first-order chi connectivity index (χ1) is 7.83. The van der Waals surface area contributed by atoms with Crippen molar-refractivity contribution in [1.29, 1.82) is 0 Å². The molecule has 3 nitrogen and oxygen atoms in total. The number of unbranched alkanes of at least 4 members (excludes halogenated alkanes) is 3. The van der Waals surface area contributed by atoms with Gasteiger partial charge in [0.15, 0.2) is 0 Å². The van der Waals surface area contributed by atoms with Crippen molar-refractivity contribution < 1.29 is 4.79 Å². The predicted molar refractivity (Wildman–Crippen MR) is 65.1 cm³/mol. The molecule has 0 N–H and O–H groups in total. The van der Waals surface area contributed by atoms with E-state index < -0.39 is 0 Å². The van der Waals surface area contributed by atoms with Crippen molar-refractivity contribution in [2.75, 3.05) is 11.4 Å². The van der Waals surface area contributed by atoms with E-state index >= 15 is 0 Å². The van der Waals surface area contributed by atoms with Crippen LogP contribution in [0.4, 0.5) is 16.2 Å². The van der Waals surface area contributed by atoms with Crippen LogP contribution in [0.25, 0.3) is 0 Å². The van der Waals surface area contributed by atoms with Crippen LogP contribution in [-0.4, -0.2) is 12.6 Å². The molecule has 2 amide bonds. The number of urea groups is 1. The highest BCUT2D eigenvalue weighted by atomic mass is 16.2. The molecule has 1 aromatic rings. The predicted octanol–water partition coefficient (Wildman–Crippen LogP) is 3.44. The van der Waals surface area contributed by atoms with Gasteiger partial charge >= 0.3 is 6.03 Å². The molecule has 1 radical (unpaired) electrons. The Balaban J connectivity index is 1.97. The average molecular weight is 217 g/mol. The van der Waals surface area contributed by atoms with Crippen molar-refractivity contribution >= 4 is 17.4 Å². The lowest BCUT2D eigenvalue weighted by molar-refractivity contribution is 0.251. The van der Waals surface area contributed by atoms with Crippen molar-refractivity contribution in [2.24, 2.45) is 0 Å². The minimum absolute atomic E-state index is 0.113. The van der Waals surface area contributed by atoms with Crippen LogP contribution in [-0.2, 0) is 0 Å². The number of carbonyl (C=O) groups is 1. The molecular formula is C13H17N2O. The van der Waals surface area contributed by atoms with Gasteiger partial charge in [-0.25, -0.2) is 4.79 Å². The van der Waals surface area contributed by atoms with Crippen LogP contribution in [0.5, 0.6) is 0 Å². The summed E-state index contributed by atoms with van der Waals surface area (Å²) < 4.78 is 0. The Morgan fingerprint density at radius 1 is 1.19 bits per heavy atom. The number of benzene rings is 1. The second-order valence-electron chi connectivity index (χ2n) is 4.10. The van der Waals surface area contributed by atoms with Crippen LogP contribution >= 0.6 is 0 Å². The Hall–Kier alpha value is -1.51. The average Bonchev–Trinajstić information content (AvgIpc) is 2.61. The number of hydrogen-bond acceptors (Lipinski definition) is 1. The molecule has 0 unspecified atom stereocenters. The Morgan fingerprint density at radius 2 is 2.00 bits per heavy atom. The number of carbonyl (C=O) groups excluding carboxylic acids is 1. The van der Waals surface area contributed by atoms with E-state index in [1.54, 1.807) is 4.90 Å². The van der Waals surface area contributed by atoms with Crippen molar-refractivity contribution in [1.82, 2.24) is 5.32 Å². The van der Waals surface area contributed by atoms with E-state index in [9.17, 15) is 4.79 Å². The molecule has 16 heavy (non-hydrogen) atoms. The number of anilines is 1. The zero-order chi connectivity index (χ0) is 11.4. The molecule has 1 aromatic carbocycles. The molecule has 1 aliphatic rings. The third-order valence-corrected chi connectivity index (χ3v) is 2.85. The van der Waals surface area contributed by atoms with Gasteiger partial charge in [0.1, 0.15) is 0 Å². The van der Waals surface area contributed by atoms with E-state index in [4.69, 9.17) is 0 Å². The van der Waals surface area contributed by atoms with Crippen LogP contribution in [0.2, 0.25) is 0 Å². The van der Waals surface area contributed by atoms with Gasteiger partial charge < -0.3 is 0 Å². The third-order valence-electron chi connectivity index (χ3n) is 2.85. The fourth-order valence-corrected chi connectivity index (χ4v) is 1.97. The lowest BCUT2D eigenvalue weighted by Crippen LogP contribution is -2.29. The maximum absolute atomic E-state index is 11.7. The molecule has 0 saturated heterocycles. The molecule has 85 valence electrons. The summed E-state index contributed by atoms with van der Waals surface area (Å²) in [4.78, 5) is 13.4. The van der Waals surface area contributed by atoms with Gasteiger partial charge in [-0.1, -0.05) is 38.3 Å². The van der Waals surface area contributed by atoms with Gasteiger partial charge in [0.05, 0.1) is 11.4 Å². The number of amides is 2. The lowest BCUT2D eigenvalue weighted by Gasteiger charge is -2.14. The number of fused-ring (bicyclic) bond motifs is 1. The summed E-state index contributed by atoms with van der Waals surface area (Å²) in [6.07, 6.45) is 4.70. The molecule has 0 saturated carbocycles.